The highest BCUT2D eigenvalue weighted by Crippen LogP contribution is 2.09. The molecule has 0 aliphatic carbocycles. The topological polar surface area (TPSA) is 71.8 Å². The standard InChI is InChI=1S/C8H7N3O/c9-5-1-2-7-6(3-5)8(12)4-10-11-7/h1-4H,9H2,(H,11,12). The molecule has 0 aliphatic heterocycles. The van der Waals surface area contributed by atoms with Gasteiger partial charge in [0.15, 0.2) is 0 Å². The van der Waals surface area contributed by atoms with Crippen LogP contribution in [0.3, 0.4) is 0 Å². The normalized spacial score (nSPS) is 10.3. The van der Waals surface area contributed by atoms with Crippen molar-refractivity contribution in [2.24, 2.45) is 0 Å². The summed E-state index contributed by atoms with van der Waals surface area (Å²) >= 11 is 0. The molecule has 0 atom stereocenters. The van der Waals surface area contributed by atoms with Gasteiger partial charge in [0, 0.05) is 5.69 Å². The molecule has 1 aromatic carbocycles. The van der Waals surface area contributed by atoms with E-state index in [0.29, 0.717) is 16.6 Å². The second kappa shape index (κ2) is 2.34. The van der Waals surface area contributed by atoms with Crippen LogP contribution in [-0.2, 0) is 0 Å². The molecule has 0 saturated heterocycles. The first-order valence-corrected chi connectivity index (χ1v) is 3.50. The smallest absolute Gasteiger partial charge is 0.208 e. The van der Waals surface area contributed by atoms with Crippen molar-refractivity contribution in [2.45, 2.75) is 0 Å². The first kappa shape index (κ1) is 6.84. The average molecular weight is 161 g/mol. The molecule has 4 nitrogen and oxygen atoms in total. The van der Waals surface area contributed by atoms with Crippen molar-refractivity contribution in [2.75, 3.05) is 5.73 Å². The van der Waals surface area contributed by atoms with E-state index >= 15 is 0 Å². The number of nitrogens with one attached hydrogen (secondary N) is 1. The largest absolute Gasteiger partial charge is 0.399 e. The Morgan fingerprint density at radius 2 is 2.25 bits per heavy atom. The Hall–Kier alpha value is -1.84. The van der Waals surface area contributed by atoms with Gasteiger partial charge in [-0.25, -0.2) is 0 Å². The molecule has 0 spiro atoms. The monoisotopic (exact) mass is 161 g/mol. The number of hydrogen-bond acceptors (Lipinski definition) is 3. The number of nitrogens with zero attached hydrogens (tertiary/aromatic N) is 1. The molecular weight excluding hydrogens is 154 g/mol. The van der Waals surface area contributed by atoms with E-state index in [1.165, 1.54) is 6.20 Å². The molecule has 0 aliphatic rings. The van der Waals surface area contributed by atoms with Crippen molar-refractivity contribution in [1.29, 1.82) is 0 Å². The van der Waals surface area contributed by atoms with Crippen LogP contribution in [0.25, 0.3) is 10.9 Å². The van der Waals surface area contributed by atoms with Crippen LogP contribution in [0.2, 0.25) is 0 Å². The van der Waals surface area contributed by atoms with Gasteiger partial charge in [0.25, 0.3) is 0 Å². The van der Waals surface area contributed by atoms with Crippen LogP contribution in [-0.4, -0.2) is 10.2 Å². The summed E-state index contributed by atoms with van der Waals surface area (Å²) in [4.78, 5) is 11.2. The molecule has 0 radical (unpaired) electrons. The predicted molar refractivity (Wildman–Crippen MR) is 46.8 cm³/mol. The Kier molecular flexibility index (Phi) is 1.33. The summed E-state index contributed by atoms with van der Waals surface area (Å²) in [5, 5.41) is 6.95. The number of rotatable bonds is 0. The van der Waals surface area contributed by atoms with Crippen molar-refractivity contribution >= 4 is 16.6 Å². The lowest BCUT2D eigenvalue weighted by molar-refractivity contribution is 1.06. The molecular formula is C8H7N3O. The number of aromatic nitrogens is 2. The van der Waals surface area contributed by atoms with E-state index in [-0.39, 0.29) is 5.43 Å². The van der Waals surface area contributed by atoms with E-state index in [2.05, 4.69) is 10.2 Å². The number of nitrogens with two attached hydrogens (primary N) is 1. The zero-order chi connectivity index (χ0) is 8.55. The fourth-order valence-corrected chi connectivity index (χ4v) is 1.09. The summed E-state index contributed by atoms with van der Waals surface area (Å²) < 4.78 is 0. The summed E-state index contributed by atoms with van der Waals surface area (Å²) in [6, 6.07) is 5.09. The van der Waals surface area contributed by atoms with Crippen molar-refractivity contribution in [1.82, 2.24) is 10.2 Å². The third-order valence-electron chi connectivity index (χ3n) is 1.68. The molecule has 2 aromatic rings. The molecule has 1 heterocycles. The minimum atomic E-state index is -0.115. The van der Waals surface area contributed by atoms with E-state index in [4.69, 9.17) is 5.73 Å². The summed E-state index contributed by atoms with van der Waals surface area (Å²) in [7, 11) is 0. The van der Waals surface area contributed by atoms with Gasteiger partial charge in [-0.1, -0.05) is 0 Å². The van der Waals surface area contributed by atoms with Crippen molar-refractivity contribution < 1.29 is 0 Å². The summed E-state index contributed by atoms with van der Waals surface area (Å²) in [5.74, 6) is 0. The van der Waals surface area contributed by atoms with Crippen LogP contribution in [0.4, 0.5) is 5.69 Å². The Labute approximate surface area is 68.0 Å². The van der Waals surface area contributed by atoms with Gasteiger partial charge in [-0.2, -0.15) is 5.10 Å². The number of fused-ring (bicyclic) bond motifs is 1. The van der Waals surface area contributed by atoms with E-state index in [0.717, 1.165) is 0 Å². The minimum Gasteiger partial charge on any atom is -0.399 e. The third-order valence-corrected chi connectivity index (χ3v) is 1.68. The molecule has 4 heteroatoms. The number of benzene rings is 1. The second-order valence-corrected chi connectivity index (χ2v) is 2.54. The van der Waals surface area contributed by atoms with Crippen molar-refractivity contribution in [3.63, 3.8) is 0 Å². The molecule has 0 unspecified atom stereocenters. The highest BCUT2D eigenvalue weighted by atomic mass is 16.1. The lowest BCUT2D eigenvalue weighted by Gasteiger charge is -1.96. The number of nitrogen functional groups attached to an aromatic ring is 1. The van der Waals surface area contributed by atoms with Gasteiger partial charge in [0.1, 0.15) is 0 Å². The first-order chi connectivity index (χ1) is 5.77. The molecule has 0 fully saturated rings. The molecule has 2 rings (SSSR count). The van der Waals surface area contributed by atoms with Gasteiger partial charge in [-0.15, -0.1) is 0 Å². The maximum Gasteiger partial charge on any atom is 0.208 e. The van der Waals surface area contributed by atoms with Gasteiger partial charge in [-0.3, -0.25) is 9.89 Å². The molecule has 12 heavy (non-hydrogen) atoms. The van der Waals surface area contributed by atoms with Crippen LogP contribution in [0.5, 0.6) is 0 Å². The Balaban J connectivity index is 2.98. The minimum absolute atomic E-state index is 0.115. The molecule has 0 amide bonds. The average Bonchev–Trinajstić information content (AvgIpc) is 2.07. The van der Waals surface area contributed by atoms with E-state index in [9.17, 15) is 4.79 Å². The maximum absolute atomic E-state index is 11.2. The van der Waals surface area contributed by atoms with Gasteiger partial charge >= 0.3 is 0 Å². The Morgan fingerprint density at radius 3 is 3.08 bits per heavy atom. The molecule has 0 bridgehead atoms. The Bertz CT molecular complexity index is 475. The van der Waals surface area contributed by atoms with E-state index < -0.39 is 0 Å². The number of hydrogen-bond donors (Lipinski definition) is 2. The van der Waals surface area contributed by atoms with E-state index in [1.54, 1.807) is 18.2 Å². The van der Waals surface area contributed by atoms with Crippen molar-refractivity contribution in [3.05, 3.63) is 34.6 Å². The van der Waals surface area contributed by atoms with Gasteiger partial charge < -0.3 is 5.73 Å². The van der Waals surface area contributed by atoms with Crippen LogP contribution in [0.1, 0.15) is 0 Å². The highest BCUT2D eigenvalue weighted by molar-refractivity contribution is 5.80. The lowest BCUT2D eigenvalue weighted by Crippen LogP contribution is -2.03. The van der Waals surface area contributed by atoms with Gasteiger partial charge in [0.2, 0.25) is 5.43 Å². The van der Waals surface area contributed by atoms with Gasteiger partial charge in [-0.05, 0) is 18.2 Å². The first-order valence-electron chi connectivity index (χ1n) is 3.50. The van der Waals surface area contributed by atoms with Crippen LogP contribution < -0.4 is 11.2 Å². The lowest BCUT2D eigenvalue weighted by atomic mass is 10.2. The van der Waals surface area contributed by atoms with E-state index in [1.807, 2.05) is 0 Å². The van der Waals surface area contributed by atoms with Crippen LogP contribution in [0, 0.1) is 0 Å². The van der Waals surface area contributed by atoms with Crippen LogP contribution in [0.15, 0.2) is 29.2 Å². The fraction of sp³-hybridized carbons (Fsp3) is 0. The number of anilines is 1. The Morgan fingerprint density at radius 1 is 1.42 bits per heavy atom. The molecule has 3 N–H and O–H groups in total. The fourth-order valence-electron chi connectivity index (χ4n) is 1.09. The van der Waals surface area contributed by atoms with Crippen LogP contribution >= 0.6 is 0 Å². The second-order valence-electron chi connectivity index (χ2n) is 2.54. The zero-order valence-electron chi connectivity index (χ0n) is 6.24. The quantitative estimate of drug-likeness (QED) is 0.553. The zero-order valence-corrected chi connectivity index (χ0v) is 6.24. The summed E-state index contributed by atoms with van der Waals surface area (Å²) in [6.07, 6.45) is 1.24. The molecule has 0 saturated carbocycles. The van der Waals surface area contributed by atoms with Gasteiger partial charge in [0.05, 0.1) is 17.1 Å². The molecule has 60 valence electrons. The van der Waals surface area contributed by atoms with Crippen molar-refractivity contribution in [3.8, 4) is 0 Å². The molecule has 1 aromatic heterocycles. The number of H-pyrrole nitrogens is 1. The maximum atomic E-state index is 11.2. The third kappa shape index (κ3) is 0.934. The summed E-state index contributed by atoms with van der Waals surface area (Å²) in [6.45, 7) is 0. The summed E-state index contributed by atoms with van der Waals surface area (Å²) in [5.41, 5.74) is 6.69. The number of aromatic amines is 1. The predicted octanol–water partition coefficient (Wildman–Crippen LogP) is 0.505. The highest BCUT2D eigenvalue weighted by Gasteiger charge is 1.97. The SMILES string of the molecule is Nc1ccc2[nH]ncc(=O)c2c1.